The Bertz CT molecular complexity index is 174. The predicted octanol–water partition coefficient (Wildman–Crippen LogP) is 3.18. The molecule has 17 heavy (non-hydrogen) atoms. The van der Waals surface area contributed by atoms with Crippen LogP contribution < -0.4 is 10.6 Å². The van der Waals surface area contributed by atoms with Crippen LogP contribution in [0, 0.1) is 11.8 Å². The van der Waals surface area contributed by atoms with E-state index in [0.29, 0.717) is 6.04 Å². The Kier molecular flexibility index (Phi) is 7.87. The summed E-state index contributed by atoms with van der Waals surface area (Å²) in [5, 5.41) is 7.15. The van der Waals surface area contributed by atoms with Crippen LogP contribution in [-0.2, 0) is 0 Å². The molecule has 0 spiro atoms. The van der Waals surface area contributed by atoms with Gasteiger partial charge in [0.15, 0.2) is 0 Å². The van der Waals surface area contributed by atoms with Crippen molar-refractivity contribution in [1.82, 2.24) is 10.6 Å². The molecule has 0 saturated heterocycles. The van der Waals surface area contributed by atoms with E-state index in [2.05, 4.69) is 31.4 Å². The molecule has 1 rings (SSSR count). The Balaban J connectivity index is 1.93. The van der Waals surface area contributed by atoms with E-state index in [4.69, 9.17) is 0 Å². The van der Waals surface area contributed by atoms with Gasteiger partial charge in [0.25, 0.3) is 0 Å². The summed E-state index contributed by atoms with van der Waals surface area (Å²) < 4.78 is 0. The van der Waals surface area contributed by atoms with Crippen molar-refractivity contribution in [2.45, 2.75) is 65.3 Å². The van der Waals surface area contributed by atoms with E-state index in [0.717, 1.165) is 24.9 Å². The van der Waals surface area contributed by atoms with Crippen LogP contribution in [-0.4, -0.2) is 25.7 Å². The summed E-state index contributed by atoms with van der Waals surface area (Å²) in [5.41, 5.74) is 0. The Morgan fingerprint density at radius 1 is 1.00 bits per heavy atom. The molecule has 0 bridgehead atoms. The topological polar surface area (TPSA) is 24.1 Å². The molecule has 0 heterocycles. The summed E-state index contributed by atoms with van der Waals surface area (Å²) in [6.07, 6.45) is 8.74. The van der Waals surface area contributed by atoms with E-state index in [9.17, 15) is 0 Å². The summed E-state index contributed by atoms with van der Waals surface area (Å²) in [4.78, 5) is 0. The summed E-state index contributed by atoms with van der Waals surface area (Å²) in [6.45, 7) is 10.2. The van der Waals surface area contributed by atoms with Crippen molar-refractivity contribution in [2.24, 2.45) is 11.8 Å². The zero-order valence-corrected chi connectivity index (χ0v) is 12.1. The quantitative estimate of drug-likeness (QED) is 0.681. The zero-order chi connectivity index (χ0) is 12.5. The van der Waals surface area contributed by atoms with Gasteiger partial charge in [0.1, 0.15) is 0 Å². The van der Waals surface area contributed by atoms with Crippen LogP contribution in [0.1, 0.15) is 59.3 Å². The first kappa shape index (κ1) is 15.0. The Morgan fingerprint density at radius 2 is 1.71 bits per heavy atom. The fourth-order valence-corrected chi connectivity index (χ4v) is 2.67. The second kappa shape index (κ2) is 8.93. The fraction of sp³-hybridized carbons (Fsp3) is 1.00. The molecule has 0 aliphatic heterocycles. The van der Waals surface area contributed by atoms with Gasteiger partial charge in [-0.05, 0) is 38.3 Å². The average Bonchev–Trinajstić information content (AvgIpc) is 2.30. The molecule has 2 N–H and O–H groups in total. The molecule has 1 aliphatic rings. The predicted molar refractivity (Wildman–Crippen MR) is 76.4 cm³/mol. The highest BCUT2D eigenvalue weighted by Crippen LogP contribution is 2.25. The van der Waals surface area contributed by atoms with Gasteiger partial charge in [-0.3, -0.25) is 0 Å². The lowest BCUT2D eigenvalue weighted by Gasteiger charge is -2.23. The number of hydrogen-bond acceptors (Lipinski definition) is 2. The SMILES string of the molecule is CC(C)CNCC(C)NCCC1CCCCC1. The van der Waals surface area contributed by atoms with Crippen LogP contribution in [0.2, 0.25) is 0 Å². The van der Waals surface area contributed by atoms with Gasteiger partial charge in [0.2, 0.25) is 0 Å². The summed E-state index contributed by atoms with van der Waals surface area (Å²) >= 11 is 0. The highest BCUT2D eigenvalue weighted by Gasteiger charge is 2.13. The first-order chi connectivity index (χ1) is 8.18. The van der Waals surface area contributed by atoms with Crippen LogP contribution in [0.25, 0.3) is 0 Å². The molecule has 102 valence electrons. The molecule has 1 aliphatic carbocycles. The third kappa shape index (κ3) is 7.77. The molecule has 2 nitrogen and oxygen atoms in total. The summed E-state index contributed by atoms with van der Waals surface area (Å²) in [6, 6.07) is 0.609. The lowest BCUT2D eigenvalue weighted by Crippen LogP contribution is -2.38. The third-order valence-electron chi connectivity index (χ3n) is 3.77. The van der Waals surface area contributed by atoms with E-state index in [1.165, 1.54) is 45.1 Å². The van der Waals surface area contributed by atoms with Crippen molar-refractivity contribution < 1.29 is 0 Å². The van der Waals surface area contributed by atoms with Crippen LogP contribution in [0.15, 0.2) is 0 Å². The minimum Gasteiger partial charge on any atom is -0.315 e. The van der Waals surface area contributed by atoms with Gasteiger partial charge in [-0.25, -0.2) is 0 Å². The molecule has 0 aromatic rings. The molecule has 1 fully saturated rings. The molecule has 2 heteroatoms. The highest BCUT2D eigenvalue weighted by molar-refractivity contribution is 4.69. The first-order valence-corrected chi connectivity index (χ1v) is 7.62. The van der Waals surface area contributed by atoms with Gasteiger partial charge in [0.05, 0.1) is 0 Å². The Morgan fingerprint density at radius 3 is 2.35 bits per heavy atom. The maximum absolute atomic E-state index is 3.64. The third-order valence-corrected chi connectivity index (χ3v) is 3.77. The molecule has 1 saturated carbocycles. The lowest BCUT2D eigenvalue weighted by atomic mass is 9.87. The molecule has 0 radical (unpaired) electrons. The molecular weight excluding hydrogens is 208 g/mol. The molecular formula is C15H32N2. The van der Waals surface area contributed by atoms with E-state index in [-0.39, 0.29) is 0 Å². The van der Waals surface area contributed by atoms with Gasteiger partial charge in [-0.1, -0.05) is 46.0 Å². The van der Waals surface area contributed by atoms with E-state index in [1.54, 1.807) is 0 Å². The maximum atomic E-state index is 3.64. The average molecular weight is 240 g/mol. The molecule has 1 unspecified atom stereocenters. The smallest absolute Gasteiger partial charge is 0.0164 e. The van der Waals surface area contributed by atoms with Gasteiger partial charge in [0, 0.05) is 12.6 Å². The van der Waals surface area contributed by atoms with Crippen molar-refractivity contribution in [3.05, 3.63) is 0 Å². The highest BCUT2D eigenvalue weighted by atomic mass is 15.0. The second-order valence-corrected chi connectivity index (χ2v) is 6.20. The molecule has 0 amide bonds. The number of rotatable bonds is 8. The molecule has 1 atom stereocenters. The van der Waals surface area contributed by atoms with E-state index >= 15 is 0 Å². The monoisotopic (exact) mass is 240 g/mol. The van der Waals surface area contributed by atoms with Gasteiger partial charge in [-0.15, -0.1) is 0 Å². The normalized spacial score (nSPS) is 19.8. The standard InChI is InChI=1S/C15H32N2/c1-13(2)11-16-12-14(3)17-10-9-15-7-5-4-6-8-15/h13-17H,4-12H2,1-3H3. The van der Waals surface area contributed by atoms with Gasteiger partial charge < -0.3 is 10.6 Å². The minimum atomic E-state index is 0.609. The summed E-state index contributed by atoms with van der Waals surface area (Å²) in [7, 11) is 0. The van der Waals surface area contributed by atoms with Crippen molar-refractivity contribution >= 4 is 0 Å². The Labute approximate surface area is 108 Å². The molecule has 0 aromatic heterocycles. The van der Waals surface area contributed by atoms with E-state index in [1.807, 2.05) is 0 Å². The fourth-order valence-electron chi connectivity index (χ4n) is 2.67. The largest absolute Gasteiger partial charge is 0.315 e. The van der Waals surface area contributed by atoms with Crippen LogP contribution >= 0.6 is 0 Å². The van der Waals surface area contributed by atoms with Crippen molar-refractivity contribution in [1.29, 1.82) is 0 Å². The zero-order valence-electron chi connectivity index (χ0n) is 12.1. The first-order valence-electron chi connectivity index (χ1n) is 7.62. The molecule has 0 aromatic carbocycles. The van der Waals surface area contributed by atoms with Crippen LogP contribution in [0.4, 0.5) is 0 Å². The van der Waals surface area contributed by atoms with Crippen LogP contribution in [0.5, 0.6) is 0 Å². The lowest BCUT2D eigenvalue weighted by molar-refractivity contribution is 0.327. The number of hydrogen-bond donors (Lipinski definition) is 2. The van der Waals surface area contributed by atoms with Crippen molar-refractivity contribution in [3.63, 3.8) is 0 Å². The Hall–Kier alpha value is -0.0800. The van der Waals surface area contributed by atoms with Crippen LogP contribution in [0.3, 0.4) is 0 Å². The van der Waals surface area contributed by atoms with Gasteiger partial charge in [-0.2, -0.15) is 0 Å². The van der Waals surface area contributed by atoms with Crippen molar-refractivity contribution in [3.8, 4) is 0 Å². The number of nitrogens with one attached hydrogen (secondary N) is 2. The minimum absolute atomic E-state index is 0.609. The second-order valence-electron chi connectivity index (χ2n) is 6.20. The van der Waals surface area contributed by atoms with Gasteiger partial charge >= 0.3 is 0 Å². The maximum Gasteiger partial charge on any atom is 0.0164 e. The van der Waals surface area contributed by atoms with Crippen molar-refractivity contribution in [2.75, 3.05) is 19.6 Å². The van der Waals surface area contributed by atoms with E-state index < -0.39 is 0 Å². The summed E-state index contributed by atoms with van der Waals surface area (Å²) in [5.74, 6) is 1.76.